The van der Waals surface area contributed by atoms with Crippen LogP contribution in [0.3, 0.4) is 0 Å². The molecular weight excluding hydrogens is 294 g/mol. The van der Waals surface area contributed by atoms with Gasteiger partial charge >= 0.3 is 0 Å². The van der Waals surface area contributed by atoms with Gasteiger partial charge in [-0.05, 0) is 19.8 Å². The van der Waals surface area contributed by atoms with Crippen LogP contribution >= 0.6 is 0 Å². The molecule has 1 amide bonds. The molecule has 0 saturated carbocycles. The molecule has 2 aliphatic heterocycles. The molecule has 126 valence electrons. The Morgan fingerprint density at radius 3 is 2.83 bits per heavy atom. The zero-order valence-corrected chi connectivity index (χ0v) is 13.7. The van der Waals surface area contributed by atoms with Gasteiger partial charge in [-0.1, -0.05) is 0 Å². The molecule has 3 rings (SSSR count). The molecule has 1 N–H and O–H groups in total. The number of ether oxygens (including phenoxy) is 1. The molecule has 1 aromatic heterocycles. The zero-order valence-electron chi connectivity index (χ0n) is 13.7. The SMILES string of the molecule is CCN1CCN(Cc2cnc(NCC3CCCO3)nc2)CC1=O. The number of likely N-dealkylation sites (N-methyl/N-ethyl adjacent to an activating group) is 1. The Morgan fingerprint density at radius 1 is 1.35 bits per heavy atom. The monoisotopic (exact) mass is 319 g/mol. The largest absolute Gasteiger partial charge is 0.376 e. The highest BCUT2D eigenvalue weighted by Crippen LogP contribution is 2.13. The third-order valence-corrected chi connectivity index (χ3v) is 4.40. The van der Waals surface area contributed by atoms with Crippen molar-refractivity contribution in [3.63, 3.8) is 0 Å². The number of hydrogen-bond donors (Lipinski definition) is 1. The van der Waals surface area contributed by atoms with Gasteiger partial charge in [-0.3, -0.25) is 9.69 Å². The fraction of sp³-hybridized carbons (Fsp3) is 0.688. The molecular formula is C16H25N5O2. The van der Waals surface area contributed by atoms with Crippen LogP contribution in [0.4, 0.5) is 5.95 Å². The summed E-state index contributed by atoms with van der Waals surface area (Å²) in [4.78, 5) is 24.7. The minimum atomic E-state index is 0.203. The average molecular weight is 319 g/mol. The normalized spacial score (nSPS) is 22.6. The third kappa shape index (κ3) is 4.39. The summed E-state index contributed by atoms with van der Waals surface area (Å²) in [5.74, 6) is 0.839. The summed E-state index contributed by atoms with van der Waals surface area (Å²) >= 11 is 0. The van der Waals surface area contributed by atoms with E-state index < -0.39 is 0 Å². The van der Waals surface area contributed by atoms with E-state index in [-0.39, 0.29) is 12.0 Å². The second kappa shape index (κ2) is 7.70. The minimum Gasteiger partial charge on any atom is -0.376 e. The molecule has 0 radical (unpaired) electrons. The van der Waals surface area contributed by atoms with Crippen molar-refractivity contribution in [1.29, 1.82) is 0 Å². The lowest BCUT2D eigenvalue weighted by molar-refractivity contribution is -0.135. The highest BCUT2D eigenvalue weighted by Gasteiger charge is 2.22. The van der Waals surface area contributed by atoms with Gasteiger partial charge in [-0.2, -0.15) is 0 Å². The first-order chi connectivity index (χ1) is 11.2. The Hall–Kier alpha value is -1.73. The molecule has 1 unspecified atom stereocenters. The number of amides is 1. The summed E-state index contributed by atoms with van der Waals surface area (Å²) in [5, 5.41) is 3.22. The van der Waals surface area contributed by atoms with Crippen LogP contribution < -0.4 is 5.32 Å². The van der Waals surface area contributed by atoms with E-state index in [1.165, 1.54) is 0 Å². The lowest BCUT2D eigenvalue weighted by atomic mass is 10.2. The van der Waals surface area contributed by atoms with E-state index >= 15 is 0 Å². The van der Waals surface area contributed by atoms with Gasteiger partial charge in [0.15, 0.2) is 0 Å². The van der Waals surface area contributed by atoms with Crippen LogP contribution in [0, 0.1) is 0 Å². The van der Waals surface area contributed by atoms with Crippen LogP contribution in [0.5, 0.6) is 0 Å². The molecule has 0 spiro atoms. The zero-order chi connectivity index (χ0) is 16.1. The quantitative estimate of drug-likeness (QED) is 0.834. The van der Waals surface area contributed by atoms with E-state index in [0.717, 1.165) is 57.7 Å². The van der Waals surface area contributed by atoms with Gasteiger partial charge < -0.3 is 15.0 Å². The number of aromatic nitrogens is 2. The number of piperazine rings is 1. The highest BCUT2D eigenvalue weighted by atomic mass is 16.5. The van der Waals surface area contributed by atoms with Crippen LogP contribution in [0.25, 0.3) is 0 Å². The van der Waals surface area contributed by atoms with Crippen molar-refractivity contribution < 1.29 is 9.53 Å². The van der Waals surface area contributed by atoms with E-state index in [4.69, 9.17) is 4.74 Å². The Labute approximate surface area is 137 Å². The van der Waals surface area contributed by atoms with Crippen LogP contribution in [-0.2, 0) is 16.1 Å². The predicted octanol–water partition coefficient (Wildman–Crippen LogP) is 0.732. The molecule has 23 heavy (non-hydrogen) atoms. The van der Waals surface area contributed by atoms with Gasteiger partial charge in [0.2, 0.25) is 11.9 Å². The summed E-state index contributed by atoms with van der Waals surface area (Å²) in [6.45, 7) is 7.32. The third-order valence-electron chi connectivity index (χ3n) is 4.40. The number of carbonyl (C=O) groups is 1. The Bertz CT molecular complexity index is 516. The number of carbonyl (C=O) groups excluding carboxylic acids is 1. The van der Waals surface area contributed by atoms with E-state index in [0.29, 0.717) is 12.5 Å². The molecule has 2 aliphatic rings. The average Bonchev–Trinajstić information content (AvgIpc) is 3.08. The van der Waals surface area contributed by atoms with Crippen molar-refractivity contribution in [3.05, 3.63) is 18.0 Å². The van der Waals surface area contributed by atoms with Crippen LogP contribution in [0.2, 0.25) is 0 Å². The van der Waals surface area contributed by atoms with E-state index in [1.54, 1.807) is 0 Å². The van der Waals surface area contributed by atoms with E-state index in [9.17, 15) is 4.79 Å². The van der Waals surface area contributed by atoms with Gasteiger partial charge in [0, 0.05) is 57.3 Å². The summed E-state index contributed by atoms with van der Waals surface area (Å²) in [7, 11) is 0. The maximum atomic E-state index is 11.9. The van der Waals surface area contributed by atoms with E-state index in [2.05, 4.69) is 20.2 Å². The maximum absolute atomic E-state index is 11.9. The second-order valence-electron chi connectivity index (χ2n) is 6.11. The smallest absolute Gasteiger partial charge is 0.236 e. The van der Waals surface area contributed by atoms with Crippen molar-refractivity contribution in [2.45, 2.75) is 32.4 Å². The molecule has 0 aromatic carbocycles. The minimum absolute atomic E-state index is 0.203. The first-order valence-electron chi connectivity index (χ1n) is 8.41. The molecule has 3 heterocycles. The summed E-state index contributed by atoms with van der Waals surface area (Å²) in [6.07, 6.45) is 6.18. The Kier molecular flexibility index (Phi) is 5.40. The fourth-order valence-electron chi connectivity index (χ4n) is 3.02. The standard InChI is InChI=1S/C16H25N5O2/c1-2-21-6-5-20(12-15(21)22)11-13-8-17-16(18-9-13)19-10-14-4-3-7-23-14/h8-9,14H,2-7,10-12H2,1H3,(H,17,18,19). The van der Waals surface area contributed by atoms with Crippen molar-refractivity contribution in [3.8, 4) is 0 Å². The number of rotatable bonds is 6. The molecule has 2 fully saturated rings. The van der Waals surface area contributed by atoms with Gasteiger partial charge in [0.1, 0.15) is 0 Å². The van der Waals surface area contributed by atoms with Crippen molar-refractivity contribution in [1.82, 2.24) is 19.8 Å². The second-order valence-corrected chi connectivity index (χ2v) is 6.11. The first kappa shape index (κ1) is 16.1. The van der Waals surface area contributed by atoms with Crippen LogP contribution in [0.15, 0.2) is 12.4 Å². The lowest BCUT2D eigenvalue weighted by Gasteiger charge is -2.33. The Balaban J connectivity index is 1.46. The van der Waals surface area contributed by atoms with Crippen LogP contribution in [0.1, 0.15) is 25.3 Å². The Morgan fingerprint density at radius 2 is 2.17 bits per heavy atom. The molecule has 0 aliphatic carbocycles. The number of nitrogens with one attached hydrogen (secondary N) is 1. The van der Waals surface area contributed by atoms with Gasteiger partial charge in [-0.25, -0.2) is 9.97 Å². The van der Waals surface area contributed by atoms with Crippen LogP contribution in [-0.4, -0.2) is 71.1 Å². The maximum Gasteiger partial charge on any atom is 0.236 e. The van der Waals surface area contributed by atoms with Crippen molar-refractivity contribution >= 4 is 11.9 Å². The molecule has 7 heteroatoms. The first-order valence-corrected chi connectivity index (χ1v) is 8.41. The molecule has 2 saturated heterocycles. The summed E-state index contributed by atoms with van der Waals surface area (Å²) in [5.41, 5.74) is 1.03. The number of hydrogen-bond acceptors (Lipinski definition) is 6. The summed E-state index contributed by atoms with van der Waals surface area (Å²) in [6, 6.07) is 0. The molecule has 1 atom stereocenters. The number of nitrogens with zero attached hydrogens (tertiary/aromatic N) is 4. The number of anilines is 1. The van der Waals surface area contributed by atoms with Crippen molar-refractivity contribution in [2.75, 3.05) is 44.6 Å². The molecule has 1 aromatic rings. The van der Waals surface area contributed by atoms with E-state index in [1.807, 2.05) is 24.2 Å². The van der Waals surface area contributed by atoms with Gasteiger partial charge in [-0.15, -0.1) is 0 Å². The van der Waals surface area contributed by atoms with Crippen molar-refractivity contribution in [2.24, 2.45) is 0 Å². The lowest BCUT2D eigenvalue weighted by Crippen LogP contribution is -2.49. The van der Waals surface area contributed by atoms with Gasteiger partial charge in [0.25, 0.3) is 0 Å². The van der Waals surface area contributed by atoms with Gasteiger partial charge in [0.05, 0.1) is 12.6 Å². The molecule has 0 bridgehead atoms. The fourth-order valence-corrected chi connectivity index (χ4v) is 3.02. The molecule has 7 nitrogen and oxygen atoms in total. The highest BCUT2D eigenvalue weighted by molar-refractivity contribution is 5.78. The topological polar surface area (TPSA) is 70.6 Å². The predicted molar refractivity (Wildman–Crippen MR) is 87.0 cm³/mol. The summed E-state index contributed by atoms with van der Waals surface area (Å²) < 4.78 is 5.57.